The molecule has 1 amide bonds. The van der Waals surface area contributed by atoms with E-state index in [2.05, 4.69) is 25.6 Å². The molecule has 11 heteroatoms. The first-order valence-corrected chi connectivity index (χ1v) is 9.74. The average molecular weight is 438 g/mol. The minimum absolute atomic E-state index is 0.0261. The van der Waals surface area contributed by atoms with E-state index in [4.69, 9.17) is 5.73 Å². The molecule has 1 aromatic carbocycles. The number of ketones is 1. The number of pyridine rings is 1. The number of fused-ring (bicyclic) bond motifs is 1. The molecule has 0 aliphatic carbocycles. The number of Topliss-reactive ketones (excluding diaryl/α,β-unsaturated/α-hetero) is 1. The zero-order valence-electron chi connectivity index (χ0n) is 17.2. The molecule has 11 nitrogen and oxygen atoms in total. The lowest BCUT2D eigenvalue weighted by Crippen LogP contribution is -2.41. The van der Waals surface area contributed by atoms with Gasteiger partial charge in [-0.25, -0.2) is 9.78 Å². The zero-order valence-corrected chi connectivity index (χ0v) is 17.2. The number of nitrogens with zero attached hydrogens (tertiary/aromatic N) is 2. The van der Waals surface area contributed by atoms with Crippen molar-refractivity contribution in [3.63, 3.8) is 0 Å². The minimum Gasteiger partial charge on any atom is -0.480 e. The topological polar surface area (TPSA) is 180 Å². The number of H-pyrrole nitrogens is 1. The second-order valence-corrected chi connectivity index (χ2v) is 7.18. The lowest BCUT2D eigenvalue weighted by molar-refractivity contribution is -0.139. The van der Waals surface area contributed by atoms with E-state index in [-0.39, 0.29) is 42.1 Å². The number of nitrogens with two attached hydrogens (primary N) is 1. The molecule has 0 saturated heterocycles. The number of aromatic amines is 1. The van der Waals surface area contributed by atoms with Gasteiger partial charge >= 0.3 is 5.97 Å². The van der Waals surface area contributed by atoms with Crippen LogP contribution in [0.4, 0.5) is 11.5 Å². The van der Waals surface area contributed by atoms with E-state index in [0.29, 0.717) is 16.9 Å². The van der Waals surface area contributed by atoms with Crippen LogP contribution in [0.2, 0.25) is 0 Å². The summed E-state index contributed by atoms with van der Waals surface area (Å²) >= 11 is 0. The number of amides is 1. The van der Waals surface area contributed by atoms with Gasteiger partial charge in [-0.15, -0.1) is 0 Å². The standard InChI is InChI=1S/C21H22N6O5/c1-11(28)2-7-15(21(31)32)26-19(29)12-3-5-13(6-4-12)23-9-14-10-24-16-8-17(22)27-20(30)18(16)25-14/h3-6,8,10,15,23H,2,7,9H2,1H3,(H,26,29)(H,31,32)(H3,22,27,30)/t15-/m0/s1. The number of carbonyl (C=O) groups is 3. The number of carboxylic acids is 1. The highest BCUT2D eigenvalue weighted by molar-refractivity contribution is 5.97. The quantitative estimate of drug-likeness (QED) is 0.326. The highest BCUT2D eigenvalue weighted by Gasteiger charge is 2.21. The first-order chi connectivity index (χ1) is 15.2. The minimum atomic E-state index is -1.20. The molecule has 0 aliphatic rings. The molecule has 166 valence electrons. The van der Waals surface area contributed by atoms with E-state index in [1.807, 2.05) is 0 Å². The van der Waals surface area contributed by atoms with Crippen LogP contribution in [0.15, 0.2) is 41.3 Å². The van der Waals surface area contributed by atoms with Crippen LogP contribution in [0.3, 0.4) is 0 Å². The van der Waals surface area contributed by atoms with E-state index in [0.717, 1.165) is 0 Å². The SMILES string of the molecule is CC(=O)CC[C@H](NC(=O)c1ccc(NCc2cnc3cc(N)[nH]c(=O)c3n2)cc1)C(=O)O. The van der Waals surface area contributed by atoms with Crippen LogP contribution in [-0.2, 0) is 16.1 Å². The first kappa shape index (κ1) is 22.4. The van der Waals surface area contributed by atoms with Crippen molar-refractivity contribution >= 4 is 40.2 Å². The summed E-state index contributed by atoms with van der Waals surface area (Å²) in [6.45, 7) is 1.65. The van der Waals surface area contributed by atoms with Crippen molar-refractivity contribution in [2.45, 2.75) is 32.4 Å². The average Bonchev–Trinajstić information content (AvgIpc) is 2.75. The van der Waals surface area contributed by atoms with Crippen molar-refractivity contribution in [2.24, 2.45) is 0 Å². The van der Waals surface area contributed by atoms with Gasteiger partial charge in [0.2, 0.25) is 0 Å². The van der Waals surface area contributed by atoms with Crippen LogP contribution < -0.4 is 21.9 Å². The Labute approximate surface area is 182 Å². The van der Waals surface area contributed by atoms with Gasteiger partial charge in [-0.05, 0) is 37.6 Å². The van der Waals surface area contributed by atoms with E-state index in [1.165, 1.54) is 19.2 Å². The number of nitrogens with one attached hydrogen (secondary N) is 3. The fourth-order valence-corrected chi connectivity index (χ4v) is 2.95. The fourth-order valence-electron chi connectivity index (χ4n) is 2.95. The van der Waals surface area contributed by atoms with Gasteiger partial charge in [-0.3, -0.25) is 14.6 Å². The monoisotopic (exact) mass is 438 g/mol. The smallest absolute Gasteiger partial charge is 0.326 e. The van der Waals surface area contributed by atoms with Crippen molar-refractivity contribution in [1.82, 2.24) is 20.3 Å². The van der Waals surface area contributed by atoms with Crippen LogP contribution in [0, 0.1) is 0 Å². The summed E-state index contributed by atoms with van der Waals surface area (Å²) in [4.78, 5) is 57.6. The number of hydrogen-bond donors (Lipinski definition) is 5. The lowest BCUT2D eigenvalue weighted by atomic mass is 10.1. The van der Waals surface area contributed by atoms with Crippen molar-refractivity contribution in [3.05, 3.63) is 58.1 Å². The molecule has 3 rings (SSSR count). The van der Waals surface area contributed by atoms with E-state index < -0.39 is 23.5 Å². The normalized spacial score (nSPS) is 11.7. The molecule has 0 unspecified atom stereocenters. The van der Waals surface area contributed by atoms with Gasteiger partial charge in [0.1, 0.15) is 17.6 Å². The van der Waals surface area contributed by atoms with Crippen LogP contribution in [0.5, 0.6) is 0 Å². The maximum atomic E-state index is 12.3. The number of anilines is 2. The Morgan fingerprint density at radius 2 is 1.94 bits per heavy atom. The van der Waals surface area contributed by atoms with Crippen LogP contribution in [-0.4, -0.2) is 43.8 Å². The largest absolute Gasteiger partial charge is 0.480 e. The van der Waals surface area contributed by atoms with Gasteiger partial charge < -0.3 is 31.3 Å². The summed E-state index contributed by atoms with van der Waals surface area (Å²) in [5.41, 5.74) is 7.24. The number of benzene rings is 1. The van der Waals surface area contributed by atoms with Gasteiger partial charge in [0.15, 0.2) is 5.52 Å². The van der Waals surface area contributed by atoms with Gasteiger partial charge in [0.05, 0.1) is 24.0 Å². The number of nitrogen functional groups attached to an aromatic ring is 1. The lowest BCUT2D eigenvalue weighted by Gasteiger charge is -2.14. The summed E-state index contributed by atoms with van der Waals surface area (Å²) in [5, 5.41) is 14.8. The van der Waals surface area contributed by atoms with Gasteiger partial charge in [0, 0.05) is 23.7 Å². The molecule has 1 atom stereocenters. The van der Waals surface area contributed by atoms with Gasteiger partial charge in [-0.1, -0.05) is 0 Å². The number of hydrogen-bond acceptors (Lipinski definition) is 8. The Morgan fingerprint density at radius 3 is 2.59 bits per heavy atom. The molecule has 2 aromatic heterocycles. The molecule has 6 N–H and O–H groups in total. The molecule has 0 saturated carbocycles. The third-order valence-electron chi connectivity index (χ3n) is 4.63. The molecule has 32 heavy (non-hydrogen) atoms. The van der Waals surface area contributed by atoms with Crippen LogP contribution in [0.25, 0.3) is 11.0 Å². The van der Waals surface area contributed by atoms with Crippen molar-refractivity contribution in [1.29, 1.82) is 0 Å². The first-order valence-electron chi connectivity index (χ1n) is 9.74. The molecule has 0 radical (unpaired) electrons. The Bertz CT molecular complexity index is 1220. The maximum absolute atomic E-state index is 12.3. The van der Waals surface area contributed by atoms with Crippen molar-refractivity contribution in [3.8, 4) is 0 Å². The third kappa shape index (κ3) is 5.65. The molecular formula is C21H22N6O5. The molecule has 2 heterocycles. The molecule has 0 aliphatic heterocycles. The molecule has 0 bridgehead atoms. The third-order valence-corrected chi connectivity index (χ3v) is 4.63. The molecule has 0 spiro atoms. The number of rotatable bonds is 9. The predicted molar refractivity (Wildman–Crippen MR) is 117 cm³/mol. The van der Waals surface area contributed by atoms with E-state index in [9.17, 15) is 24.3 Å². The van der Waals surface area contributed by atoms with Crippen molar-refractivity contribution in [2.75, 3.05) is 11.1 Å². The molecule has 0 fully saturated rings. The Balaban J connectivity index is 1.62. The summed E-state index contributed by atoms with van der Waals surface area (Å²) in [6.07, 6.45) is 1.62. The fraction of sp³-hybridized carbons (Fsp3) is 0.238. The number of carbonyl (C=O) groups excluding carboxylic acids is 2. The summed E-state index contributed by atoms with van der Waals surface area (Å²) in [6, 6.07) is 6.78. The Kier molecular flexibility index (Phi) is 6.78. The maximum Gasteiger partial charge on any atom is 0.326 e. The van der Waals surface area contributed by atoms with E-state index in [1.54, 1.807) is 24.3 Å². The Hall–Kier alpha value is -4.28. The summed E-state index contributed by atoms with van der Waals surface area (Å²) in [5.74, 6) is -1.69. The van der Waals surface area contributed by atoms with Crippen LogP contribution in [0.1, 0.15) is 35.8 Å². The second kappa shape index (κ2) is 9.69. The summed E-state index contributed by atoms with van der Waals surface area (Å²) < 4.78 is 0. The second-order valence-electron chi connectivity index (χ2n) is 7.18. The van der Waals surface area contributed by atoms with Gasteiger partial charge in [0.25, 0.3) is 11.5 Å². The molecular weight excluding hydrogens is 416 g/mol. The number of carboxylic acid groups (broad SMARTS) is 1. The highest BCUT2D eigenvalue weighted by atomic mass is 16.4. The zero-order chi connectivity index (χ0) is 23.3. The predicted octanol–water partition coefficient (Wildman–Crippen LogP) is 1.06. The van der Waals surface area contributed by atoms with Crippen molar-refractivity contribution < 1.29 is 19.5 Å². The highest BCUT2D eigenvalue weighted by Crippen LogP contribution is 2.13. The number of aromatic nitrogens is 3. The van der Waals surface area contributed by atoms with Crippen LogP contribution >= 0.6 is 0 Å². The Morgan fingerprint density at radius 1 is 1.22 bits per heavy atom. The van der Waals surface area contributed by atoms with E-state index >= 15 is 0 Å². The molecule has 3 aromatic rings. The van der Waals surface area contributed by atoms with Gasteiger partial charge in [-0.2, -0.15) is 0 Å². The number of aliphatic carboxylic acids is 1. The summed E-state index contributed by atoms with van der Waals surface area (Å²) in [7, 11) is 0.